The number of phenols is 1. The van der Waals surface area contributed by atoms with Gasteiger partial charge >= 0.3 is 0 Å². The van der Waals surface area contributed by atoms with Crippen LogP contribution in [0.1, 0.15) is 18.4 Å². The van der Waals surface area contributed by atoms with Crippen LogP contribution in [-0.4, -0.2) is 43.3 Å². The Balaban J connectivity index is 1.71. The number of ether oxygens (including phenoxy) is 1. The number of methoxy groups -OCH3 is 1. The van der Waals surface area contributed by atoms with Crippen LogP contribution in [0.5, 0.6) is 11.5 Å². The minimum absolute atomic E-state index is 0.205. The molecule has 0 radical (unpaired) electrons. The number of nitrogens with one attached hydrogen (secondary N) is 1. The van der Waals surface area contributed by atoms with Crippen molar-refractivity contribution >= 4 is 0 Å². The molecule has 0 bridgehead atoms. The summed E-state index contributed by atoms with van der Waals surface area (Å²) in [6.45, 7) is 5.37. The summed E-state index contributed by atoms with van der Waals surface area (Å²) in [5.74, 6) is 0.729. The van der Waals surface area contributed by atoms with Crippen molar-refractivity contribution < 1.29 is 9.84 Å². The average molecular weight is 250 g/mol. The first-order valence-electron chi connectivity index (χ1n) is 6.58. The molecule has 0 aromatic heterocycles. The molecule has 2 N–H and O–H groups in total. The zero-order chi connectivity index (χ0) is 12.8. The van der Waals surface area contributed by atoms with Crippen LogP contribution in [-0.2, 0) is 6.54 Å². The monoisotopic (exact) mass is 250 g/mol. The first-order valence-corrected chi connectivity index (χ1v) is 6.58. The Morgan fingerprint density at radius 2 is 2.11 bits per heavy atom. The van der Waals surface area contributed by atoms with Gasteiger partial charge in [-0.05, 0) is 43.6 Å². The van der Waals surface area contributed by atoms with Crippen LogP contribution >= 0.6 is 0 Å². The summed E-state index contributed by atoms with van der Waals surface area (Å²) in [4.78, 5) is 2.48. The molecular formula is C14H22N2O2. The first kappa shape index (κ1) is 13.2. The highest BCUT2D eigenvalue weighted by molar-refractivity contribution is 5.41. The minimum Gasteiger partial charge on any atom is -0.504 e. The molecule has 2 rings (SSSR count). The Bertz CT molecular complexity index is 376. The van der Waals surface area contributed by atoms with Gasteiger partial charge in [0.2, 0.25) is 0 Å². The molecule has 1 saturated heterocycles. The third kappa shape index (κ3) is 3.62. The number of benzene rings is 1. The molecule has 18 heavy (non-hydrogen) atoms. The summed E-state index contributed by atoms with van der Waals surface area (Å²) in [6, 6.07) is 5.52. The van der Waals surface area contributed by atoms with Gasteiger partial charge in [0.1, 0.15) is 0 Å². The van der Waals surface area contributed by atoms with Crippen LogP contribution in [0.25, 0.3) is 0 Å². The van der Waals surface area contributed by atoms with E-state index in [4.69, 9.17) is 4.74 Å². The van der Waals surface area contributed by atoms with Gasteiger partial charge in [0.15, 0.2) is 11.5 Å². The van der Waals surface area contributed by atoms with Crippen LogP contribution in [0.3, 0.4) is 0 Å². The predicted molar refractivity (Wildman–Crippen MR) is 72.0 cm³/mol. The van der Waals surface area contributed by atoms with Crippen molar-refractivity contribution in [3.05, 3.63) is 23.8 Å². The Morgan fingerprint density at radius 3 is 2.78 bits per heavy atom. The third-order valence-corrected chi connectivity index (χ3v) is 3.38. The largest absolute Gasteiger partial charge is 0.504 e. The fraction of sp³-hybridized carbons (Fsp3) is 0.571. The van der Waals surface area contributed by atoms with Crippen molar-refractivity contribution in [3.63, 3.8) is 0 Å². The molecule has 1 heterocycles. The van der Waals surface area contributed by atoms with E-state index in [9.17, 15) is 5.11 Å². The summed E-state index contributed by atoms with van der Waals surface area (Å²) < 4.78 is 5.02. The molecule has 1 aliphatic heterocycles. The van der Waals surface area contributed by atoms with Crippen molar-refractivity contribution in [3.8, 4) is 11.5 Å². The molecule has 1 aromatic carbocycles. The normalized spacial score (nSPS) is 16.1. The van der Waals surface area contributed by atoms with E-state index in [0.29, 0.717) is 5.75 Å². The molecule has 4 heteroatoms. The summed E-state index contributed by atoms with van der Waals surface area (Å²) in [7, 11) is 1.56. The highest BCUT2D eigenvalue weighted by atomic mass is 16.5. The Kier molecular flexibility index (Phi) is 4.84. The molecular weight excluding hydrogens is 228 g/mol. The molecule has 0 amide bonds. The van der Waals surface area contributed by atoms with Gasteiger partial charge < -0.3 is 20.1 Å². The van der Waals surface area contributed by atoms with Gasteiger partial charge in [-0.15, -0.1) is 0 Å². The average Bonchev–Trinajstić information content (AvgIpc) is 2.88. The molecule has 0 aliphatic carbocycles. The number of phenolic OH excluding ortho intramolecular Hbond substituents is 1. The van der Waals surface area contributed by atoms with Crippen molar-refractivity contribution in [1.29, 1.82) is 0 Å². The molecule has 0 atom stereocenters. The van der Waals surface area contributed by atoms with Crippen molar-refractivity contribution in [2.45, 2.75) is 19.4 Å². The number of likely N-dealkylation sites (tertiary alicyclic amines) is 1. The SMILES string of the molecule is COc1ccc(CNCCN2CCCC2)cc1O. The van der Waals surface area contributed by atoms with Gasteiger partial charge in [0.05, 0.1) is 7.11 Å². The van der Waals surface area contributed by atoms with Gasteiger partial charge in [0, 0.05) is 19.6 Å². The highest BCUT2D eigenvalue weighted by Gasteiger charge is 2.10. The summed E-state index contributed by atoms with van der Waals surface area (Å²) in [6.07, 6.45) is 2.68. The maximum atomic E-state index is 9.66. The highest BCUT2D eigenvalue weighted by Crippen LogP contribution is 2.25. The maximum absolute atomic E-state index is 9.66. The fourth-order valence-electron chi connectivity index (χ4n) is 2.32. The maximum Gasteiger partial charge on any atom is 0.160 e. The number of hydrogen-bond acceptors (Lipinski definition) is 4. The van der Waals surface area contributed by atoms with Crippen LogP contribution in [0.2, 0.25) is 0 Å². The lowest BCUT2D eigenvalue weighted by Crippen LogP contribution is -2.29. The molecule has 1 aromatic rings. The number of aromatic hydroxyl groups is 1. The quantitative estimate of drug-likeness (QED) is 0.753. The van der Waals surface area contributed by atoms with Gasteiger partial charge in [-0.1, -0.05) is 6.07 Å². The topological polar surface area (TPSA) is 44.7 Å². The lowest BCUT2D eigenvalue weighted by Gasteiger charge is -2.14. The van der Waals surface area contributed by atoms with E-state index < -0.39 is 0 Å². The number of hydrogen-bond donors (Lipinski definition) is 2. The second-order valence-electron chi connectivity index (χ2n) is 4.73. The zero-order valence-corrected chi connectivity index (χ0v) is 11.0. The van der Waals surface area contributed by atoms with E-state index in [-0.39, 0.29) is 5.75 Å². The number of rotatable bonds is 6. The zero-order valence-electron chi connectivity index (χ0n) is 11.0. The minimum atomic E-state index is 0.205. The molecule has 4 nitrogen and oxygen atoms in total. The summed E-state index contributed by atoms with van der Waals surface area (Å²) in [5.41, 5.74) is 1.08. The lowest BCUT2D eigenvalue weighted by molar-refractivity contribution is 0.335. The van der Waals surface area contributed by atoms with Crippen LogP contribution in [0.15, 0.2) is 18.2 Å². The Morgan fingerprint density at radius 1 is 1.33 bits per heavy atom. The van der Waals surface area contributed by atoms with Crippen molar-refractivity contribution in [1.82, 2.24) is 10.2 Å². The first-order chi connectivity index (χ1) is 8.79. The van der Waals surface area contributed by atoms with Gasteiger partial charge in [-0.2, -0.15) is 0 Å². The second-order valence-corrected chi connectivity index (χ2v) is 4.73. The van der Waals surface area contributed by atoms with Crippen molar-refractivity contribution in [2.75, 3.05) is 33.3 Å². The lowest BCUT2D eigenvalue weighted by atomic mass is 10.2. The van der Waals surface area contributed by atoms with Crippen molar-refractivity contribution in [2.24, 2.45) is 0 Å². The van der Waals surface area contributed by atoms with Crippen LogP contribution < -0.4 is 10.1 Å². The molecule has 0 spiro atoms. The molecule has 0 saturated carbocycles. The number of nitrogens with zero attached hydrogens (tertiary/aromatic N) is 1. The molecule has 1 fully saturated rings. The van der Waals surface area contributed by atoms with E-state index in [2.05, 4.69) is 10.2 Å². The van der Waals surface area contributed by atoms with Crippen LogP contribution in [0, 0.1) is 0 Å². The Labute approximate surface area is 109 Å². The standard InChI is InChI=1S/C14H22N2O2/c1-18-14-5-4-12(10-13(14)17)11-15-6-9-16-7-2-3-8-16/h4-5,10,15,17H,2-3,6-9,11H2,1H3. The van der Waals surface area contributed by atoms with E-state index in [0.717, 1.165) is 25.2 Å². The van der Waals surface area contributed by atoms with Gasteiger partial charge in [-0.3, -0.25) is 0 Å². The smallest absolute Gasteiger partial charge is 0.160 e. The molecule has 1 aliphatic rings. The van der Waals surface area contributed by atoms with E-state index in [1.54, 1.807) is 19.2 Å². The van der Waals surface area contributed by atoms with E-state index >= 15 is 0 Å². The predicted octanol–water partition coefficient (Wildman–Crippen LogP) is 1.59. The van der Waals surface area contributed by atoms with E-state index in [1.165, 1.54) is 25.9 Å². The Hall–Kier alpha value is -1.26. The fourth-order valence-corrected chi connectivity index (χ4v) is 2.32. The summed E-state index contributed by atoms with van der Waals surface area (Å²) >= 11 is 0. The van der Waals surface area contributed by atoms with E-state index in [1.807, 2.05) is 6.07 Å². The van der Waals surface area contributed by atoms with Gasteiger partial charge in [0.25, 0.3) is 0 Å². The van der Waals surface area contributed by atoms with Crippen LogP contribution in [0.4, 0.5) is 0 Å². The molecule has 0 unspecified atom stereocenters. The molecule has 100 valence electrons. The third-order valence-electron chi connectivity index (χ3n) is 3.38. The van der Waals surface area contributed by atoms with Gasteiger partial charge in [-0.25, -0.2) is 0 Å². The second kappa shape index (κ2) is 6.61. The summed E-state index contributed by atoms with van der Waals surface area (Å²) in [5, 5.41) is 13.1.